The van der Waals surface area contributed by atoms with Crippen molar-refractivity contribution in [2.24, 2.45) is 0 Å². The Morgan fingerprint density at radius 2 is 1.64 bits per heavy atom. The third-order valence-corrected chi connectivity index (χ3v) is 4.88. The minimum atomic E-state index is -0.790. The molecule has 0 spiro atoms. The normalized spacial score (nSPS) is 11.2. The van der Waals surface area contributed by atoms with Gasteiger partial charge in [-0.05, 0) is 76.6 Å². The van der Waals surface area contributed by atoms with Crippen LogP contribution in [0.15, 0.2) is 54.7 Å². The molecule has 1 heterocycles. The first kappa shape index (κ1) is 24.0. The van der Waals surface area contributed by atoms with E-state index in [1.807, 2.05) is 38.1 Å². The summed E-state index contributed by atoms with van der Waals surface area (Å²) >= 11 is 0. The monoisotopic (exact) mass is 452 g/mol. The molecule has 7 nitrogen and oxygen atoms in total. The van der Waals surface area contributed by atoms with Crippen LogP contribution in [0.1, 0.15) is 40.2 Å². The molecule has 0 atom stereocenters. The first-order chi connectivity index (χ1) is 15.7. The van der Waals surface area contributed by atoms with Crippen LogP contribution >= 0.6 is 0 Å². The van der Waals surface area contributed by atoms with Crippen molar-refractivity contribution >= 4 is 29.1 Å². The molecule has 0 amide bonds. The van der Waals surface area contributed by atoms with Crippen LogP contribution in [0, 0.1) is 5.82 Å². The minimum absolute atomic E-state index is 0.0321. The van der Waals surface area contributed by atoms with Gasteiger partial charge in [0.15, 0.2) is 11.6 Å². The smallest absolute Gasteiger partial charge is 0.315 e. The average Bonchev–Trinajstić information content (AvgIpc) is 2.77. The average molecular weight is 453 g/mol. The zero-order valence-corrected chi connectivity index (χ0v) is 19.5. The lowest BCUT2D eigenvalue weighted by Crippen LogP contribution is -2.31. The second kappa shape index (κ2) is 10.3. The number of ether oxygens (including phenoxy) is 2. The molecule has 2 N–H and O–H groups in total. The number of carbonyl (C=O) groups is 1. The van der Waals surface area contributed by atoms with E-state index >= 15 is 0 Å². The van der Waals surface area contributed by atoms with Crippen molar-refractivity contribution in [1.29, 1.82) is 0 Å². The van der Waals surface area contributed by atoms with E-state index in [1.54, 1.807) is 45.0 Å². The highest BCUT2D eigenvalue weighted by Crippen LogP contribution is 2.28. The van der Waals surface area contributed by atoms with Crippen LogP contribution in [0.2, 0.25) is 0 Å². The Morgan fingerprint density at radius 1 is 1.03 bits per heavy atom. The summed E-state index contributed by atoms with van der Waals surface area (Å²) in [6.45, 7) is 9.62. The number of hydrogen-bond acceptors (Lipinski definition) is 7. The number of hydrogen-bond donors (Lipinski definition) is 2. The fourth-order valence-electron chi connectivity index (χ4n) is 3.07. The second-order valence-corrected chi connectivity index (χ2v) is 8.25. The summed E-state index contributed by atoms with van der Waals surface area (Å²) in [6.07, 6.45) is 1.19. The second-order valence-electron chi connectivity index (χ2n) is 8.25. The summed E-state index contributed by atoms with van der Waals surface area (Å²) in [5.41, 5.74) is 1.37. The van der Waals surface area contributed by atoms with E-state index in [9.17, 15) is 9.18 Å². The van der Waals surface area contributed by atoms with E-state index in [0.717, 1.165) is 23.2 Å². The van der Waals surface area contributed by atoms with Crippen LogP contribution in [0.5, 0.6) is 5.75 Å². The summed E-state index contributed by atoms with van der Waals surface area (Å²) in [4.78, 5) is 20.5. The fourth-order valence-corrected chi connectivity index (χ4v) is 3.07. The largest absolute Gasteiger partial charge is 0.491 e. The Hall–Kier alpha value is -3.68. The van der Waals surface area contributed by atoms with E-state index < -0.39 is 11.2 Å². The maximum absolute atomic E-state index is 14.3. The molecule has 33 heavy (non-hydrogen) atoms. The molecular weight excluding hydrogens is 423 g/mol. The molecule has 2 aromatic carbocycles. The Bertz CT molecular complexity index is 1080. The number of halogens is 1. The number of anilines is 4. The van der Waals surface area contributed by atoms with Gasteiger partial charge in [-0.15, -0.1) is 0 Å². The first-order valence-corrected chi connectivity index (χ1v) is 10.8. The van der Waals surface area contributed by atoms with E-state index in [2.05, 4.69) is 20.6 Å². The van der Waals surface area contributed by atoms with Gasteiger partial charge in [-0.25, -0.2) is 9.37 Å². The molecule has 0 aliphatic heterocycles. The predicted molar refractivity (Wildman–Crippen MR) is 127 cm³/mol. The summed E-state index contributed by atoms with van der Waals surface area (Å²) < 4.78 is 25.1. The molecule has 8 heteroatoms. The van der Waals surface area contributed by atoms with Gasteiger partial charge < -0.3 is 20.1 Å². The molecule has 174 valence electrons. The number of aromatic nitrogens is 2. The third-order valence-electron chi connectivity index (χ3n) is 4.88. The number of nitrogens with one attached hydrogen (secondary N) is 2. The van der Waals surface area contributed by atoms with Gasteiger partial charge in [-0.2, -0.15) is 4.98 Å². The molecule has 1 aromatic heterocycles. The van der Waals surface area contributed by atoms with Gasteiger partial charge in [0.05, 0.1) is 24.3 Å². The van der Waals surface area contributed by atoms with Gasteiger partial charge in [0, 0.05) is 11.4 Å². The zero-order chi connectivity index (χ0) is 24.0. The molecule has 0 bridgehead atoms. The minimum Gasteiger partial charge on any atom is -0.491 e. The number of carbonyl (C=O) groups excluding carboxylic acids is 1. The van der Waals surface area contributed by atoms with Crippen LogP contribution in [-0.2, 0) is 14.9 Å². The molecule has 0 fully saturated rings. The fraction of sp³-hybridized carbons (Fsp3) is 0.320. The molecule has 0 aliphatic rings. The number of rotatable bonds is 9. The topological polar surface area (TPSA) is 85.4 Å². The van der Waals surface area contributed by atoms with Crippen LogP contribution in [0.4, 0.5) is 27.5 Å². The number of nitrogens with zero attached hydrogens (tertiary/aromatic N) is 2. The molecule has 3 rings (SSSR count). The number of esters is 1. The number of benzene rings is 2. The Kier molecular flexibility index (Phi) is 7.48. The van der Waals surface area contributed by atoms with Gasteiger partial charge in [0.2, 0.25) is 5.95 Å². The molecule has 0 aliphatic carbocycles. The molecular formula is C25H29FN4O3. The first-order valence-electron chi connectivity index (χ1n) is 10.8. The molecule has 0 unspecified atom stereocenters. The van der Waals surface area contributed by atoms with Gasteiger partial charge in [-0.1, -0.05) is 12.1 Å². The van der Waals surface area contributed by atoms with E-state index in [0.29, 0.717) is 12.3 Å². The Labute approximate surface area is 193 Å². The summed E-state index contributed by atoms with van der Waals surface area (Å²) in [7, 11) is 0. The highest BCUT2D eigenvalue weighted by molar-refractivity contribution is 5.82. The Morgan fingerprint density at radius 3 is 2.24 bits per heavy atom. The summed E-state index contributed by atoms with van der Waals surface area (Å²) in [5.74, 6) is 0.151. The van der Waals surface area contributed by atoms with Gasteiger partial charge in [-0.3, -0.25) is 4.79 Å². The van der Waals surface area contributed by atoms with Crippen molar-refractivity contribution in [3.8, 4) is 5.75 Å². The zero-order valence-electron chi connectivity index (χ0n) is 19.5. The molecule has 0 saturated carbocycles. The van der Waals surface area contributed by atoms with Gasteiger partial charge >= 0.3 is 5.97 Å². The van der Waals surface area contributed by atoms with Crippen molar-refractivity contribution in [2.45, 2.75) is 46.1 Å². The predicted octanol–water partition coefficient (Wildman–Crippen LogP) is 5.73. The maximum Gasteiger partial charge on any atom is 0.315 e. The van der Waals surface area contributed by atoms with Crippen molar-refractivity contribution in [3.63, 3.8) is 0 Å². The lowest BCUT2D eigenvalue weighted by molar-refractivity contribution is -0.148. The highest BCUT2D eigenvalue weighted by atomic mass is 19.1. The van der Waals surface area contributed by atoms with Crippen molar-refractivity contribution in [2.75, 3.05) is 17.2 Å². The van der Waals surface area contributed by atoms with Gasteiger partial charge in [0.25, 0.3) is 0 Å². The van der Waals surface area contributed by atoms with Crippen LogP contribution in [0.3, 0.4) is 0 Å². The summed E-state index contributed by atoms with van der Waals surface area (Å²) in [6, 6.07) is 14.5. The highest BCUT2D eigenvalue weighted by Gasteiger charge is 2.31. The molecule has 3 aromatic rings. The third kappa shape index (κ3) is 6.19. The maximum atomic E-state index is 14.3. The van der Waals surface area contributed by atoms with Crippen LogP contribution in [-0.4, -0.2) is 28.6 Å². The van der Waals surface area contributed by atoms with Gasteiger partial charge in [0.1, 0.15) is 5.75 Å². The lowest BCUT2D eigenvalue weighted by Gasteiger charge is -2.23. The van der Waals surface area contributed by atoms with E-state index in [1.165, 1.54) is 0 Å². The van der Waals surface area contributed by atoms with E-state index in [4.69, 9.17) is 9.47 Å². The Balaban J connectivity index is 1.71. The van der Waals surface area contributed by atoms with Crippen molar-refractivity contribution < 1.29 is 18.7 Å². The van der Waals surface area contributed by atoms with E-state index in [-0.39, 0.29) is 23.8 Å². The molecule has 0 radical (unpaired) electrons. The van der Waals surface area contributed by atoms with Crippen molar-refractivity contribution in [1.82, 2.24) is 9.97 Å². The lowest BCUT2D eigenvalue weighted by atomic mass is 9.84. The van der Waals surface area contributed by atoms with Crippen LogP contribution < -0.4 is 15.4 Å². The van der Waals surface area contributed by atoms with Crippen molar-refractivity contribution in [3.05, 3.63) is 66.1 Å². The summed E-state index contributed by atoms with van der Waals surface area (Å²) in [5, 5.41) is 6.02. The van der Waals surface area contributed by atoms with Crippen LogP contribution in [0.25, 0.3) is 0 Å². The molecule has 0 saturated heterocycles. The SMILES string of the molecule is CCOC(=O)C(C)(C)c1ccc(Nc2nc(Nc3ccc(OC(C)C)cc3)ncc2F)cc1. The quantitative estimate of drug-likeness (QED) is 0.401. The standard InChI is InChI=1S/C25H29FN4O3/c1-6-32-23(31)25(4,5)17-7-9-18(10-8-17)28-22-21(26)15-27-24(30-22)29-19-11-13-20(14-12-19)33-16(2)3/h7-16H,6H2,1-5H3,(H2,27,28,29,30).